The van der Waals surface area contributed by atoms with Crippen LogP contribution < -0.4 is 5.32 Å². The molecule has 17 heavy (non-hydrogen) atoms. The van der Waals surface area contributed by atoms with Gasteiger partial charge in [-0.2, -0.15) is 0 Å². The monoisotopic (exact) mass is 247 g/mol. The van der Waals surface area contributed by atoms with E-state index >= 15 is 0 Å². The average molecular weight is 247 g/mol. The molecule has 0 atom stereocenters. The van der Waals surface area contributed by atoms with Crippen LogP contribution in [-0.2, 0) is 13.1 Å². The van der Waals surface area contributed by atoms with Gasteiger partial charge in [0.1, 0.15) is 5.01 Å². The normalized spacial score (nSPS) is 15.4. The van der Waals surface area contributed by atoms with Crippen LogP contribution in [0.4, 0.5) is 0 Å². The molecule has 0 spiro atoms. The van der Waals surface area contributed by atoms with E-state index in [1.54, 1.807) is 11.3 Å². The van der Waals surface area contributed by atoms with E-state index < -0.39 is 0 Å². The lowest BCUT2D eigenvalue weighted by atomic mass is 10.2. The lowest BCUT2D eigenvalue weighted by Crippen LogP contribution is -2.15. The van der Waals surface area contributed by atoms with Crippen LogP contribution in [-0.4, -0.2) is 15.6 Å². The van der Waals surface area contributed by atoms with Gasteiger partial charge in [-0.25, -0.2) is 4.98 Å². The standard InChI is InChI=1S/C13H17N3S/c1-10-11(8-15-12-2-3-12)4-6-16(10)9-13-14-5-7-17-13/h4-7,12,15H,2-3,8-9H2,1H3. The molecule has 90 valence electrons. The Morgan fingerprint density at radius 1 is 1.53 bits per heavy atom. The third-order valence-corrected chi connectivity index (χ3v) is 4.06. The number of nitrogens with one attached hydrogen (secondary N) is 1. The first kappa shape index (κ1) is 11.0. The van der Waals surface area contributed by atoms with Crippen LogP contribution in [0.1, 0.15) is 29.1 Å². The van der Waals surface area contributed by atoms with E-state index in [4.69, 9.17) is 0 Å². The van der Waals surface area contributed by atoms with Gasteiger partial charge in [0.05, 0.1) is 6.54 Å². The van der Waals surface area contributed by atoms with Crippen LogP contribution >= 0.6 is 11.3 Å². The quantitative estimate of drug-likeness (QED) is 0.880. The minimum absolute atomic E-state index is 0.775. The van der Waals surface area contributed by atoms with E-state index in [-0.39, 0.29) is 0 Å². The second kappa shape index (κ2) is 4.63. The summed E-state index contributed by atoms with van der Waals surface area (Å²) < 4.78 is 2.28. The molecule has 0 bridgehead atoms. The first-order valence-corrected chi connectivity index (χ1v) is 6.97. The Balaban J connectivity index is 1.68. The van der Waals surface area contributed by atoms with Gasteiger partial charge in [0, 0.05) is 36.1 Å². The number of hydrogen-bond donors (Lipinski definition) is 1. The molecule has 2 aromatic rings. The van der Waals surface area contributed by atoms with Crippen molar-refractivity contribution < 1.29 is 0 Å². The van der Waals surface area contributed by atoms with Crippen molar-refractivity contribution in [1.82, 2.24) is 14.9 Å². The molecule has 1 aliphatic carbocycles. The van der Waals surface area contributed by atoms with Gasteiger partial charge in [-0.1, -0.05) is 0 Å². The van der Waals surface area contributed by atoms with E-state index in [1.807, 2.05) is 11.6 Å². The van der Waals surface area contributed by atoms with Crippen molar-refractivity contribution in [1.29, 1.82) is 0 Å². The molecule has 0 saturated heterocycles. The fourth-order valence-electron chi connectivity index (χ4n) is 1.97. The van der Waals surface area contributed by atoms with Crippen molar-refractivity contribution in [2.45, 2.75) is 38.9 Å². The zero-order valence-electron chi connectivity index (χ0n) is 10.0. The summed E-state index contributed by atoms with van der Waals surface area (Å²) in [6, 6.07) is 3.00. The van der Waals surface area contributed by atoms with Gasteiger partial charge >= 0.3 is 0 Å². The van der Waals surface area contributed by atoms with Gasteiger partial charge in [-0.15, -0.1) is 11.3 Å². The molecule has 0 amide bonds. The molecule has 0 unspecified atom stereocenters. The molecule has 1 N–H and O–H groups in total. The lowest BCUT2D eigenvalue weighted by Gasteiger charge is -2.06. The molecule has 1 aliphatic rings. The summed E-state index contributed by atoms with van der Waals surface area (Å²) in [7, 11) is 0. The van der Waals surface area contributed by atoms with Crippen molar-refractivity contribution >= 4 is 11.3 Å². The Bertz CT molecular complexity index is 483. The molecule has 0 aliphatic heterocycles. The summed E-state index contributed by atoms with van der Waals surface area (Å²) in [4.78, 5) is 4.33. The smallest absolute Gasteiger partial charge is 0.112 e. The molecule has 4 heteroatoms. The number of aromatic nitrogens is 2. The second-order valence-corrected chi connectivity index (χ2v) is 5.61. The maximum atomic E-state index is 4.33. The number of hydrogen-bond acceptors (Lipinski definition) is 3. The van der Waals surface area contributed by atoms with Crippen molar-refractivity contribution in [3.8, 4) is 0 Å². The van der Waals surface area contributed by atoms with Gasteiger partial charge in [0.25, 0.3) is 0 Å². The van der Waals surface area contributed by atoms with Gasteiger partial charge in [0.2, 0.25) is 0 Å². The van der Waals surface area contributed by atoms with Crippen LogP contribution in [0.5, 0.6) is 0 Å². The Labute approximate surface area is 106 Å². The summed E-state index contributed by atoms with van der Waals surface area (Å²) >= 11 is 1.72. The highest BCUT2D eigenvalue weighted by Crippen LogP contribution is 2.20. The topological polar surface area (TPSA) is 29.9 Å². The zero-order chi connectivity index (χ0) is 11.7. The number of thiazole rings is 1. The minimum atomic E-state index is 0.775. The summed E-state index contributed by atoms with van der Waals surface area (Å²) in [6.07, 6.45) is 6.73. The van der Waals surface area contributed by atoms with Gasteiger partial charge in [-0.3, -0.25) is 0 Å². The van der Waals surface area contributed by atoms with Gasteiger partial charge < -0.3 is 9.88 Å². The van der Waals surface area contributed by atoms with Crippen LogP contribution in [0.2, 0.25) is 0 Å². The van der Waals surface area contributed by atoms with Gasteiger partial charge in [-0.05, 0) is 31.4 Å². The molecular weight excluding hydrogens is 230 g/mol. The van der Waals surface area contributed by atoms with Gasteiger partial charge in [0.15, 0.2) is 0 Å². The van der Waals surface area contributed by atoms with Crippen molar-refractivity contribution in [2.75, 3.05) is 0 Å². The molecule has 0 radical (unpaired) electrons. The van der Waals surface area contributed by atoms with Crippen LogP contribution in [0, 0.1) is 6.92 Å². The Morgan fingerprint density at radius 2 is 2.41 bits per heavy atom. The summed E-state index contributed by atoms with van der Waals surface area (Å²) in [5.41, 5.74) is 2.77. The maximum absolute atomic E-state index is 4.33. The minimum Gasteiger partial charge on any atom is -0.345 e. The molecule has 3 nitrogen and oxygen atoms in total. The molecule has 3 rings (SSSR count). The Kier molecular flexibility index (Phi) is 2.99. The second-order valence-electron chi connectivity index (χ2n) is 4.64. The summed E-state index contributed by atoms with van der Waals surface area (Å²) in [6.45, 7) is 4.09. The lowest BCUT2D eigenvalue weighted by molar-refractivity contribution is 0.678. The predicted molar refractivity (Wildman–Crippen MR) is 70.2 cm³/mol. The van der Waals surface area contributed by atoms with E-state index in [2.05, 4.69) is 34.1 Å². The highest BCUT2D eigenvalue weighted by Gasteiger charge is 2.20. The largest absolute Gasteiger partial charge is 0.345 e. The van der Waals surface area contributed by atoms with Crippen LogP contribution in [0.25, 0.3) is 0 Å². The van der Waals surface area contributed by atoms with E-state index in [9.17, 15) is 0 Å². The first-order chi connectivity index (χ1) is 8.33. The van der Waals surface area contributed by atoms with Crippen LogP contribution in [0.15, 0.2) is 23.8 Å². The van der Waals surface area contributed by atoms with Crippen molar-refractivity contribution in [3.63, 3.8) is 0 Å². The zero-order valence-corrected chi connectivity index (χ0v) is 10.8. The third kappa shape index (κ3) is 2.58. The van der Waals surface area contributed by atoms with E-state index in [0.29, 0.717) is 0 Å². The molecule has 2 heterocycles. The number of nitrogens with zero attached hydrogens (tertiary/aromatic N) is 2. The first-order valence-electron chi connectivity index (χ1n) is 6.09. The molecule has 1 saturated carbocycles. The van der Waals surface area contributed by atoms with E-state index in [0.717, 1.165) is 19.1 Å². The third-order valence-electron chi connectivity index (χ3n) is 3.30. The fraction of sp³-hybridized carbons (Fsp3) is 0.462. The van der Waals surface area contributed by atoms with Crippen LogP contribution in [0.3, 0.4) is 0 Å². The maximum Gasteiger partial charge on any atom is 0.112 e. The average Bonchev–Trinajstić information content (AvgIpc) is 2.90. The predicted octanol–water partition coefficient (Wildman–Crippen LogP) is 2.55. The highest BCUT2D eigenvalue weighted by atomic mass is 32.1. The SMILES string of the molecule is Cc1c(CNC2CC2)ccn1Cc1nccs1. The molecule has 1 fully saturated rings. The molecule has 2 aromatic heterocycles. The summed E-state index contributed by atoms with van der Waals surface area (Å²) in [5, 5.41) is 6.76. The summed E-state index contributed by atoms with van der Waals surface area (Å²) in [5.74, 6) is 0. The highest BCUT2D eigenvalue weighted by molar-refractivity contribution is 7.09. The Hall–Kier alpha value is -1.13. The fourth-order valence-corrected chi connectivity index (χ4v) is 2.59. The van der Waals surface area contributed by atoms with E-state index in [1.165, 1.54) is 29.1 Å². The van der Waals surface area contributed by atoms with Crippen molar-refractivity contribution in [2.24, 2.45) is 0 Å². The Morgan fingerprint density at radius 3 is 3.12 bits per heavy atom. The number of rotatable bonds is 5. The molecular formula is C13H17N3S. The molecule has 0 aromatic carbocycles. The van der Waals surface area contributed by atoms with Crippen molar-refractivity contribution in [3.05, 3.63) is 40.1 Å².